The van der Waals surface area contributed by atoms with Crippen LogP contribution in [-0.4, -0.2) is 31.3 Å². The lowest BCUT2D eigenvalue weighted by Gasteiger charge is -2.11. The predicted octanol–water partition coefficient (Wildman–Crippen LogP) is 7.52. The Morgan fingerprint density at radius 1 is 0.857 bits per heavy atom. The van der Waals surface area contributed by atoms with Crippen molar-refractivity contribution in [2.45, 2.75) is 6.92 Å². The molecule has 0 atom stereocenters. The van der Waals surface area contributed by atoms with Crippen molar-refractivity contribution in [3.8, 4) is 22.6 Å². The van der Waals surface area contributed by atoms with E-state index in [9.17, 15) is 9.59 Å². The van der Waals surface area contributed by atoms with Crippen LogP contribution in [0, 0.1) is 0 Å². The Morgan fingerprint density at radius 2 is 1.64 bits per heavy atom. The van der Waals surface area contributed by atoms with Crippen molar-refractivity contribution in [2.75, 3.05) is 21.3 Å². The molecule has 0 aliphatic rings. The van der Waals surface area contributed by atoms with Crippen molar-refractivity contribution in [3.63, 3.8) is 0 Å². The summed E-state index contributed by atoms with van der Waals surface area (Å²) < 4.78 is 1.98. The van der Waals surface area contributed by atoms with E-state index in [0.29, 0.717) is 39.4 Å². The normalized spacial score (nSPS) is 10.8. The number of thiazole rings is 1. The summed E-state index contributed by atoms with van der Waals surface area (Å²) in [6.07, 6.45) is 3.62. The number of carbonyl (C=O) groups is 2. The summed E-state index contributed by atoms with van der Waals surface area (Å²) in [5, 5.41) is 14.0. The summed E-state index contributed by atoms with van der Waals surface area (Å²) in [4.78, 5) is 39.0. The number of hydrogen-bond acceptors (Lipinski definition) is 7. The van der Waals surface area contributed by atoms with Crippen molar-refractivity contribution in [3.05, 3.63) is 102 Å². The first-order chi connectivity index (χ1) is 20.4. The SMILES string of the molecule is CC(=O)Nc1cccc(Nc2nccc(-c3c(-c4cccc(NC(=O)Nc5ccccc5Cl)c4)nc4sccn34)n2)c1. The van der Waals surface area contributed by atoms with Crippen LogP contribution >= 0.6 is 22.9 Å². The number of para-hydroxylation sites is 1. The monoisotopic (exact) mass is 594 g/mol. The molecule has 3 aromatic carbocycles. The average Bonchev–Trinajstić information content (AvgIpc) is 3.56. The Hall–Kier alpha value is -5.26. The van der Waals surface area contributed by atoms with Gasteiger partial charge in [-0.15, -0.1) is 11.3 Å². The maximum absolute atomic E-state index is 12.7. The highest BCUT2D eigenvalue weighted by Gasteiger charge is 2.19. The van der Waals surface area contributed by atoms with Crippen LogP contribution in [0.2, 0.25) is 5.02 Å². The fourth-order valence-corrected chi connectivity index (χ4v) is 5.28. The molecule has 12 heteroatoms. The standard InChI is InChI=1S/C30H23ClN8O2S/c1-18(40)33-21-8-5-9-22(17-21)34-28-32-13-12-25(36-28)27-26(38-30-39(27)14-15-42-30)19-6-4-7-20(16-19)35-29(41)37-24-11-3-2-10-23(24)31/h2-17H,1H3,(H,33,40)(H,32,34,36)(H2,35,37,41). The van der Waals surface area contributed by atoms with Gasteiger partial charge in [-0.1, -0.05) is 41.9 Å². The topological polar surface area (TPSA) is 125 Å². The Morgan fingerprint density at radius 3 is 2.48 bits per heavy atom. The van der Waals surface area contributed by atoms with E-state index in [4.69, 9.17) is 21.6 Å². The van der Waals surface area contributed by atoms with E-state index < -0.39 is 6.03 Å². The smallest absolute Gasteiger partial charge is 0.323 e. The van der Waals surface area contributed by atoms with Crippen LogP contribution in [0.4, 0.5) is 33.5 Å². The third-order valence-corrected chi connectivity index (χ3v) is 7.20. The van der Waals surface area contributed by atoms with Crippen molar-refractivity contribution in [2.24, 2.45) is 0 Å². The molecular formula is C30H23ClN8O2S. The van der Waals surface area contributed by atoms with Gasteiger partial charge in [-0.05, 0) is 48.5 Å². The molecular weight excluding hydrogens is 572 g/mol. The largest absolute Gasteiger partial charge is 0.326 e. The van der Waals surface area contributed by atoms with E-state index in [1.54, 1.807) is 48.7 Å². The molecule has 0 saturated carbocycles. The van der Waals surface area contributed by atoms with E-state index in [-0.39, 0.29) is 5.91 Å². The summed E-state index contributed by atoms with van der Waals surface area (Å²) in [5.41, 5.74) is 5.42. The molecule has 0 spiro atoms. The van der Waals surface area contributed by atoms with E-state index in [0.717, 1.165) is 21.9 Å². The zero-order valence-electron chi connectivity index (χ0n) is 22.1. The third kappa shape index (κ3) is 5.92. The van der Waals surface area contributed by atoms with Crippen LogP contribution in [0.1, 0.15) is 6.92 Å². The quantitative estimate of drug-likeness (QED) is 0.151. The molecule has 0 aliphatic carbocycles. The third-order valence-electron chi connectivity index (χ3n) is 6.12. The molecule has 6 aromatic rings. The number of nitrogens with one attached hydrogen (secondary N) is 4. The number of aromatic nitrogens is 4. The van der Waals surface area contributed by atoms with Gasteiger partial charge in [-0.25, -0.2) is 19.7 Å². The number of fused-ring (bicyclic) bond motifs is 1. The predicted molar refractivity (Wildman–Crippen MR) is 168 cm³/mol. The number of imidazole rings is 1. The van der Waals surface area contributed by atoms with Crippen LogP contribution in [0.25, 0.3) is 27.6 Å². The van der Waals surface area contributed by atoms with E-state index in [1.165, 1.54) is 18.3 Å². The van der Waals surface area contributed by atoms with Crippen molar-refractivity contribution < 1.29 is 9.59 Å². The van der Waals surface area contributed by atoms with E-state index in [2.05, 4.69) is 26.3 Å². The number of anilines is 5. The highest BCUT2D eigenvalue weighted by Crippen LogP contribution is 2.35. The lowest BCUT2D eigenvalue weighted by atomic mass is 10.1. The van der Waals surface area contributed by atoms with E-state index >= 15 is 0 Å². The van der Waals surface area contributed by atoms with Crippen LogP contribution in [0.3, 0.4) is 0 Å². The first-order valence-electron chi connectivity index (χ1n) is 12.8. The molecule has 0 radical (unpaired) electrons. The first-order valence-corrected chi connectivity index (χ1v) is 14.1. The Labute approximate surface area is 249 Å². The fourth-order valence-electron chi connectivity index (χ4n) is 4.38. The van der Waals surface area contributed by atoms with Crippen molar-refractivity contribution in [1.82, 2.24) is 19.4 Å². The van der Waals surface area contributed by atoms with Gasteiger partial charge in [0.25, 0.3) is 0 Å². The highest BCUT2D eigenvalue weighted by molar-refractivity contribution is 7.15. The van der Waals surface area contributed by atoms with Gasteiger partial charge in [0.2, 0.25) is 11.9 Å². The second-order valence-corrected chi connectivity index (χ2v) is 10.4. The second kappa shape index (κ2) is 11.7. The lowest BCUT2D eigenvalue weighted by Crippen LogP contribution is -2.19. The number of urea groups is 1. The number of benzene rings is 3. The van der Waals surface area contributed by atoms with Gasteiger partial charge in [0.1, 0.15) is 5.69 Å². The van der Waals surface area contributed by atoms with Gasteiger partial charge in [0.05, 0.1) is 22.1 Å². The highest BCUT2D eigenvalue weighted by atomic mass is 35.5. The molecule has 0 aliphatic heterocycles. The molecule has 0 unspecified atom stereocenters. The summed E-state index contributed by atoms with van der Waals surface area (Å²) in [7, 11) is 0. The van der Waals surface area contributed by atoms with Crippen LogP contribution in [0.5, 0.6) is 0 Å². The van der Waals surface area contributed by atoms with E-state index in [1.807, 2.05) is 52.4 Å². The minimum Gasteiger partial charge on any atom is -0.326 e. The molecule has 3 aromatic heterocycles. The number of amides is 3. The van der Waals surface area contributed by atoms with Crippen molar-refractivity contribution in [1.29, 1.82) is 0 Å². The first kappa shape index (κ1) is 26.9. The summed E-state index contributed by atoms with van der Waals surface area (Å²) >= 11 is 7.69. The molecule has 0 bridgehead atoms. The Balaban J connectivity index is 1.30. The number of hydrogen-bond donors (Lipinski definition) is 4. The summed E-state index contributed by atoms with van der Waals surface area (Å²) in [6.45, 7) is 1.46. The number of halogens is 1. The zero-order valence-corrected chi connectivity index (χ0v) is 23.7. The average molecular weight is 595 g/mol. The van der Waals surface area contributed by atoms with Gasteiger partial charge in [-0.2, -0.15) is 0 Å². The van der Waals surface area contributed by atoms with Gasteiger partial charge in [-0.3, -0.25) is 9.20 Å². The minimum atomic E-state index is -0.416. The molecule has 4 N–H and O–H groups in total. The van der Waals surface area contributed by atoms with Gasteiger partial charge < -0.3 is 21.3 Å². The maximum atomic E-state index is 12.7. The maximum Gasteiger partial charge on any atom is 0.323 e. The molecule has 10 nitrogen and oxygen atoms in total. The number of rotatable bonds is 7. The fraction of sp³-hybridized carbons (Fsp3) is 0.0333. The van der Waals surface area contributed by atoms with Gasteiger partial charge in [0, 0.05) is 47.3 Å². The molecule has 3 amide bonds. The lowest BCUT2D eigenvalue weighted by molar-refractivity contribution is -0.114. The molecule has 208 valence electrons. The molecule has 3 heterocycles. The Bertz CT molecular complexity index is 1940. The number of nitrogens with zero attached hydrogens (tertiary/aromatic N) is 4. The van der Waals surface area contributed by atoms with Crippen LogP contribution < -0.4 is 21.3 Å². The molecule has 0 saturated heterocycles. The van der Waals surface area contributed by atoms with Gasteiger partial charge >= 0.3 is 6.03 Å². The second-order valence-electron chi connectivity index (χ2n) is 9.16. The van der Waals surface area contributed by atoms with Crippen molar-refractivity contribution >= 4 is 68.5 Å². The molecule has 42 heavy (non-hydrogen) atoms. The molecule has 0 fully saturated rings. The minimum absolute atomic E-state index is 0.154. The van der Waals surface area contributed by atoms with Crippen LogP contribution in [-0.2, 0) is 4.79 Å². The van der Waals surface area contributed by atoms with Crippen LogP contribution in [0.15, 0.2) is 96.6 Å². The number of carbonyl (C=O) groups excluding carboxylic acids is 2. The van der Waals surface area contributed by atoms with Gasteiger partial charge in [0.15, 0.2) is 4.96 Å². The summed E-state index contributed by atoms with van der Waals surface area (Å²) in [5.74, 6) is 0.231. The zero-order chi connectivity index (χ0) is 29.1. The summed E-state index contributed by atoms with van der Waals surface area (Å²) in [6, 6.07) is 23.2. The molecule has 6 rings (SSSR count). The Kier molecular flexibility index (Phi) is 7.50.